The Kier molecular flexibility index (Phi) is 7.38. The molecule has 0 bridgehead atoms. The first-order valence-corrected chi connectivity index (χ1v) is 8.16. The van der Waals surface area contributed by atoms with Gasteiger partial charge < -0.3 is 19.6 Å². The zero-order valence-electron chi connectivity index (χ0n) is 14.7. The van der Waals surface area contributed by atoms with Crippen LogP contribution in [-0.4, -0.2) is 26.5 Å². The van der Waals surface area contributed by atoms with Crippen molar-refractivity contribution < 1.29 is 14.2 Å². The summed E-state index contributed by atoms with van der Waals surface area (Å²) in [6.07, 6.45) is 3.45. The molecule has 5 heteroatoms. The first-order valence-electron chi connectivity index (χ1n) is 8.16. The lowest BCUT2D eigenvalue weighted by molar-refractivity contribution is 0.297. The average Bonchev–Trinajstić information content (AvgIpc) is 2.65. The first kappa shape index (κ1) is 18.4. The van der Waals surface area contributed by atoms with E-state index in [-0.39, 0.29) is 0 Å². The molecule has 0 aromatic heterocycles. The lowest BCUT2D eigenvalue weighted by Crippen LogP contribution is -2.07. The quantitative estimate of drug-likeness (QED) is 0.406. The molecule has 0 saturated carbocycles. The van der Waals surface area contributed by atoms with Gasteiger partial charge in [0.15, 0.2) is 11.5 Å². The van der Waals surface area contributed by atoms with Crippen molar-refractivity contribution in [1.82, 2.24) is 5.43 Å². The fraction of sp³-hybridized carbons (Fsp3) is 0.250. The largest absolute Gasteiger partial charge is 0.496 e. The number of rotatable bonds is 10. The Balaban J connectivity index is 2.00. The summed E-state index contributed by atoms with van der Waals surface area (Å²) in [6, 6.07) is 13.5. The minimum absolute atomic E-state index is 0.438. The molecule has 0 heterocycles. The molecule has 0 fully saturated rings. The van der Waals surface area contributed by atoms with Crippen LogP contribution in [-0.2, 0) is 6.54 Å². The van der Waals surface area contributed by atoms with Crippen molar-refractivity contribution in [1.29, 1.82) is 0 Å². The van der Waals surface area contributed by atoms with Crippen LogP contribution in [0.4, 0.5) is 0 Å². The summed E-state index contributed by atoms with van der Waals surface area (Å²) < 4.78 is 16.5. The maximum absolute atomic E-state index is 5.62. The van der Waals surface area contributed by atoms with Gasteiger partial charge in [-0.15, -0.1) is 0 Å². The molecule has 0 unspecified atom stereocenters. The SMILES string of the molecule is C=CCOc1ccc(/C=N\NCc2ccccc2OC)cc1OCC. The van der Waals surface area contributed by atoms with Crippen LogP contribution in [0.25, 0.3) is 0 Å². The van der Waals surface area contributed by atoms with Crippen molar-refractivity contribution in [2.24, 2.45) is 5.10 Å². The van der Waals surface area contributed by atoms with Crippen LogP contribution < -0.4 is 19.6 Å². The Morgan fingerprint density at radius 2 is 1.92 bits per heavy atom. The third-order valence-electron chi connectivity index (χ3n) is 3.39. The van der Waals surface area contributed by atoms with Gasteiger partial charge in [-0.1, -0.05) is 30.9 Å². The fourth-order valence-electron chi connectivity index (χ4n) is 2.24. The molecule has 2 rings (SSSR count). The minimum Gasteiger partial charge on any atom is -0.496 e. The molecule has 0 radical (unpaired) electrons. The molecular formula is C20H24N2O3. The Morgan fingerprint density at radius 3 is 2.68 bits per heavy atom. The molecule has 25 heavy (non-hydrogen) atoms. The standard InChI is InChI=1S/C20H24N2O3/c1-4-12-25-19-11-10-16(13-20(19)24-5-2)14-21-22-15-17-8-6-7-9-18(17)23-3/h4,6-11,13-14,22H,1,5,12,15H2,2-3H3/b21-14-. The summed E-state index contributed by atoms with van der Waals surface area (Å²) in [5.74, 6) is 2.23. The average molecular weight is 340 g/mol. The molecule has 0 aliphatic heterocycles. The molecule has 0 spiro atoms. The van der Waals surface area contributed by atoms with Crippen molar-refractivity contribution in [3.8, 4) is 17.2 Å². The Labute approximate surface area is 148 Å². The van der Waals surface area contributed by atoms with E-state index in [9.17, 15) is 0 Å². The number of hydrogen-bond donors (Lipinski definition) is 1. The Bertz CT molecular complexity index is 714. The van der Waals surface area contributed by atoms with Crippen molar-refractivity contribution >= 4 is 6.21 Å². The summed E-state index contributed by atoms with van der Waals surface area (Å²) in [7, 11) is 1.66. The third kappa shape index (κ3) is 5.57. The Morgan fingerprint density at radius 1 is 1.08 bits per heavy atom. The van der Waals surface area contributed by atoms with Crippen molar-refractivity contribution in [3.63, 3.8) is 0 Å². The summed E-state index contributed by atoms with van der Waals surface area (Å²) in [5.41, 5.74) is 4.99. The van der Waals surface area contributed by atoms with E-state index in [1.54, 1.807) is 19.4 Å². The van der Waals surface area contributed by atoms with Gasteiger partial charge in [-0.2, -0.15) is 5.10 Å². The number of hydrazone groups is 1. The van der Waals surface area contributed by atoms with Gasteiger partial charge in [-0.3, -0.25) is 0 Å². The van der Waals surface area contributed by atoms with Crippen LogP contribution >= 0.6 is 0 Å². The highest BCUT2D eigenvalue weighted by Gasteiger charge is 2.05. The normalized spacial score (nSPS) is 10.5. The second kappa shape index (κ2) is 10.0. The maximum atomic E-state index is 5.62. The number of benzene rings is 2. The monoisotopic (exact) mass is 340 g/mol. The van der Waals surface area contributed by atoms with E-state index in [0.717, 1.165) is 16.9 Å². The van der Waals surface area contributed by atoms with Gasteiger partial charge in [0.05, 0.1) is 26.5 Å². The zero-order valence-corrected chi connectivity index (χ0v) is 14.7. The van der Waals surface area contributed by atoms with E-state index in [1.165, 1.54) is 0 Å². The highest BCUT2D eigenvalue weighted by molar-refractivity contribution is 5.80. The Hall–Kier alpha value is -2.95. The van der Waals surface area contributed by atoms with E-state index in [0.29, 0.717) is 31.3 Å². The van der Waals surface area contributed by atoms with Gasteiger partial charge in [-0.05, 0) is 36.8 Å². The van der Waals surface area contributed by atoms with Gasteiger partial charge in [0.25, 0.3) is 0 Å². The smallest absolute Gasteiger partial charge is 0.161 e. The molecule has 1 N–H and O–H groups in total. The number of hydrogen-bond acceptors (Lipinski definition) is 5. The van der Waals surface area contributed by atoms with Crippen molar-refractivity contribution in [3.05, 3.63) is 66.2 Å². The third-order valence-corrected chi connectivity index (χ3v) is 3.39. The van der Waals surface area contributed by atoms with Crippen LogP contribution in [0.15, 0.2) is 60.2 Å². The van der Waals surface area contributed by atoms with E-state index in [1.807, 2.05) is 49.4 Å². The summed E-state index contributed by atoms with van der Waals surface area (Å²) in [6.45, 7) is 7.18. The molecule has 132 valence electrons. The molecule has 0 aliphatic carbocycles. The second-order valence-corrected chi connectivity index (χ2v) is 5.14. The molecule has 0 amide bonds. The molecule has 0 aliphatic rings. The molecule has 0 atom stereocenters. The number of nitrogens with one attached hydrogen (secondary N) is 1. The van der Waals surface area contributed by atoms with E-state index in [2.05, 4.69) is 17.1 Å². The van der Waals surface area contributed by atoms with Crippen LogP contribution in [0, 0.1) is 0 Å². The van der Waals surface area contributed by atoms with Crippen molar-refractivity contribution in [2.45, 2.75) is 13.5 Å². The second-order valence-electron chi connectivity index (χ2n) is 5.14. The molecule has 2 aromatic rings. The lowest BCUT2D eigenvalue weighted by atomic mass is 10.2. The summed E-state index contributed by atoms with van der Waals surface area (Å²) in [5, 5.41) is 4.26. The number of nitrogens with zero attached hydrogens (tertiary/aromatic N) is 1. The highest BCUT2D eigenvalue weighted by atomic mass is 16.5. The van der Waals surface area contributed by atoms with Crippen molar-refractivity contribution in [2.75, 3.05) is 20.3 Å². The fourth-order valence-corrected chi connectivity index (χ4v) is 2.24. The zero-order chi connectivity index (χ0) is 17.9. The van der Waals surface area contributed by atoms with Gasteiger partial charge in [0.2, 0.25) is 0 Å². The highest BCUT2D eigenvalue weighted by Crippen LogP contribution is 2.28. The number of para-hydroxylation sites is 1. The molecule has 0 saturated heterocycles. The van der Waals surface area contributed by atoms with Crippen LogP contribution in [0.3, 0.4) is 0 Å². The van der Waals surface area contributed by atoms with E-state index in [4.69, 9.17) is 14.2 Å². The van der Waals surface area contributed by atoms with Gasteiger partial charge >= 0.3 is 0 Å². The lowest BCUT2D eigenvalue weighted by Gasteiger charge is -2.11. The van der Waals surface area contributed by atoms with Gasteiger partial charge in [0, 0.05) is 5.56 Å². The summed E-state index contributed by atoms with van der Waals surface area (Å²) in [4.78, 5) is 0. The molecule has 5 nitrogen and oxygen atoms in total. The first-order chi connectivity index (χ1) is 12.3. The topological polar surface area (TPSA) is 52.1 Å². The van der Waals surface area contributed by atoms with Gasteiger partial charge in [-0.25, -0.2) is 0 Å². The van der Waals surface area contributed by atoms with E-state index >= 15 is 0 Å². The van der Waals surface area contributed by atoms with Crippen LogP contribution in [0.5, 0.6) is 17.2 Å². The summed E-state index contributed by atoms with van der Waals surface area (Å²) >= 11 is 0. The molecule has 2 aromatic carbocycles. The van der Waals surface area contributed by atoms with E-state index < -0.39 is 0 Å². The number of methoxy groups -OCH3 is 1. The predicted molar refractivity (Wildman–Crippen MR) is 101 cm³/mol. The number of ether oxygens (including phenoxy) is 3. The predicted octanol–water partition coefficient (Wildman–Crippen LogP) is 3.78. The van der Waals surface area contributed by atoms with Gasteiger partial charge in [0.1, 0.15) is 12.4 Å². The van der Waals surface area contributed by atoms with Crippen LogP contribution in [0.1, 0.15) is 18.1 Å². The van der Waals surface area contributed by atoms with Crippen LogP contribution in [0.2, 0.25) is 0 Å². The molecular weight excluding hydrogens is 316 g/mol. The minimum atomic E-state index is 0.438. The maximum Gasteiger partial charge on any atom is 0.161 e.